The number of rotatable bonds is 5. The van der Waals surface area contributed by atoms with Crippen molar-refractivity contribution >= 4 is 37.7 Å². The SMILES string of the molecule is O=S(=O)(c1ccc(SCc2cc3c(cc2Br)OCCO3)nc1)N1CCCCC1. The van der Waals surface area contributed by atoms with Crippen molar-refractivity contribution in [3.8, 4) is 11.5 Å². The van der Waals surface area contributed by atoms with E-state index in [4.69, 9.17) is 9.47 Å². The van der Waals surface area contributed by atoms with Gasteiger partial charge in [0.25, 0.3) is 0 Å². The van der Waals surface area contributed by atoms with Gasteiger partial charge in [-0.25, -0.2) is 13.4 Å². The molecule has 2 aliphatic rings. The molecule has 2 aromatic rings. The predicted octanol–water partition coefficient (Wildman–Crippen LogP) is 4.08. The Morgan fingerprint density at radius 1 is 1.07 bits per heavy atom. The maximum Gasteiger partial charge on any atom is 0.244 e. The lowest BCUT2D eigenvalue weighted by Gasteiger charge is -2.25. The molecule has 0 aliphatic carbocycles. The Morgan fingerprint density at radius 2 is 1.79 bits per heavy atom. The van der Waals surface area contributed by atoms with Gasteiger partial charge in [-0.3, -0.25) is 0 Å². The van der Waals surface area contributed by atoms with Crippen LogP contribution in [0.15, 0.2) is 44.9 Å². The molecule has 0 saturated carbocycles. The Kier molecular flexibility index (Phi) is 6.15. The minimum absolute atomic E-state index is 0.263. The van der Waals surface area contributed by atoms with E-state index in [0.29, 0.717) is 32.1 Å². The van der Waals surface area contributed by atoms with Crippen molar-refractivity contribution in [2.24, 2.45) is 0 Å². The van der Waals surface area contributed by atoms with E-state index in [9.17, 15) is 8.42 Å². The van der Waals surface area contributed by atoms with Crippen LogP contribution >= 0.6 is 27.7 Å². The number of benzene rings is 1. The average Bonchev–Trinajstić information content (AvgIpc) is 2.73. The van der Waals surface area contributed by atoms with E-state index < -0.39 is 10.0 Å². The summed E-state index contributed by atoms with van der Waals surface area (Å²) < 4.78 is 39.1. The summed E-state index contributed by atoms with van der Waals surface area (Å²) in [6.07, 6.45) is 4.40. The number of halogens is 1. The molecule has 1 saturated heterocycles. The van der Waals surface area contributed by atoms with Crippen molar-refractivity contribution < 1.29 is 17.9 Å². The third-order valence-corrected chi connectivity index (χ3v) is 8.36. The second-order valence-corrected chi connectivity index (χ2v) is 10.5. The maximum atomic E-state index is 12.7. The second kappa shape index (κ2) is 8.61. The van der Waals surface area contributed by atoms with E-state index in [-0.39, 0.29) is 4.90 Å². The molecule has 4 rings (SSSR count). The second-order valence-electron chi connectivity index (χ2n) is 6.67. The third-order valence-electron chi connectivity index (χ3n) is 4.75. The molecule has 1 aromatic carbocycles. The molecule has 0 amide bonds. The standard InChI is InChI=1S/C19H21BrN2O4S2/c20-16-11-18-17(25-8-9-26-18)10-14(16)13-27-19-5-4-15(12-21-19)28(23,24)22-6-2-1-3-7-22/h4-5,10-12H,1-3,6-9,13H2. The van der Waals surface area contributed by atoms with Crippen molar-refractivity contribution in [2.45, 2.75) is 34.9 Å². The lowest BCUT2D eigenvalue weighted by Crippen LogP contribution is -2.35. The van der Waals surface area contributed by atoms with E-state index >= 15 is 0 Å². The van der Waals surface area contributed by atoms with E-state index in [2.05, 4.69) is 20.9 Å². The molecule has 0 radical (unpaired) electrons. The van der Waals surface area contributed by atoms with Crippen LogP contribution in [0.3, 0.4) is 0 Å². The molecule has 0 bridgehead atoms. The Morgan fingerprint density at radius 3 is 2.46 bits per heavy atom. The van der Waals surface area contributed by atoms with Crippen molar-refractivity contribution in [1.29, 1.82) is 0 Å². The molecular formula is C19H21BrN2O4S2. The Labute approximate surface area is 177 Å². The Hall–Kier alpha value is -1.29. The number of piperidine rings is 1. The van der Waals surface area contributed by atoms with Crippen LogP contribution in [0, 0.1) is 0 Å². The van der Waals surface area contributed by atoms with Crippen LogP contribution in [0.2, 0.25) is 0 Å². The topological polar surface area (TPSA) is 68.7 Å². The summed E-state index contributed by atoms with van der Waals surface area (Å²) in [5.41, 5.74) is 1.07. The van der Waals surface area contributed by atoms with Gasteiger partial charge in [-0.15, -0.1) is 11.8 Å². The van der Waals surface area contributed by atoms with Gasteiger partial charge < -0.3 is 9.47 Å². The Bertz CT molecular complexity index is 945. The zero-order chi connectivity index (χ0) is 19.6. The largest absolute Gasteiger partial charge is 0.486 e. The predicted molar refractivity (Wildman–Crippen MR) is 112 cm³/mol. The number of thioether (sulfide) groups is 1. The molecule has 1 fully saturated rings. The van der Waals surface area contributed by atoms with Gasteiger partial charge in [0.15, 0.2) is 11.5 Å². The summed E-state index contributed by atoms with van der Waals surface area (Å²) in [6.45, 7) is 2.30. The maximum absolute atomic E-state index is 12.7. The minimum atomic E-state index is -3.44. The highest BCUT2D eigenvalue weighted by atomic mass is 79.9. The molecular weight excluding hydrogens is 464 g/mol. The van der Waals surface area contributed by atoms with Crippen LogP contribution in [-0.4, -0.2) is 44.0 Å². The van der Waals surface area contributed by atoms with Gasteiger partial charge in [0, 0.05) is 29.5 Å². The molecule has 0 unspecified atom stereocenters. The third kappa shape index (κ3) is 4.32. The van der Waals surface area contributed by atoms with E-state index in [1.807, 2.05) is 12.1 Å². The average molecular weight is 485 g/mol. The number of nitrogens with zero attached hydrogens (tertiary/aromatic N) is 2. The lowest BCUT2D eigenvalue weighted by atomic mass is 10.2. The van der Waals surface area contributed by atoms with Gasteiger partial charge in [-0.05, 0) is 42.7 Å². The first-order valence-electron chi connectivity index (χ1n) is 9.21. The van der Waals surface area contributed by atoms with Gasteiger partial charge in [0.2, 0.25) is 10.0 Å². The zero-order valence-electron chi connectivity index (χ0n) is 15.3. The number of hydrogen-bond acceptors (Lipinski definition) is 6. The number of sulfonamides is 1. The quantitative estimate of drug-likeness (QED) is 0.595. The minimum Gasteiger partial charge on any atom is -0.486 e. The molecule has 3 heterocycles. The number of ether oxygens (including phenoxy) is 2. The summed E-state index contributed by atoms with van der Waals surface area (Å²) in [7, 11) is -3.44. The molecule has 0 N–H and O–H groups in total. The van der Waals surface area contributed by atoms with E-state index in [1.165, 1.54) is 6.20 Å². The lowest BCUT2D eigenvalue weighted by molar-refractivity contribution is 0.171. The van der Waals surface area contributed by atoms with Crippen molar-refractivity contribution in [3.63, 3.8) is 0 Å². The highest BCUT2D eigenvalue weighted by Crippen LogP contribution is 2.37. The molecule has 28 heavy (non-hydrogen) atoms. The van der Waals surface area contributed by atoms with Crippen LogP contribution in [0.1, 0.15) is 24.8 Å². The Balaban J connectivity index is 1.44. The van der Waals surface area contributed by atoms with E-state index in [0.717, 1.165) is 45.8 Å². The van der Waals surface area contributed by atoms with Crippen LogP contribution in [0.25, 0.3) is 0 Å². The van der Waals surface area contributed by atoms with Crippen molar-refractivity contribution in [3.05, 3.63) is 40.5 Å². The zero-order valence-corrected chi connectivity index (χ0v) is 18.5. The number of pyridine rings is 1. The number of aromatic nitrogens is 1. The van der Waals surface area contributed by atoms with Crippen molar-refractivity contribution in [2.75, 3.05) is 26.3 Å². The molecule has 0 atom stereocenters. The molecule has 0 spiro atoms. The van der Waals surface area contributed by atoms with Crippen molar-refractivity contribution in [1.82, 2.24) is 9.29 Å². The molecule has 150 valence electrons. The molecule has 1 aromatic heterocycles. The highest BCUT2D eigenvalue weighted by molar-refractivity contribution is 9.10. The summed E-state index contributed by atoms with van der Waals surface area (Å²) in [5, 5.41) is 0.777. The van der Waals surface area contributed by atoms with Gasteiger partial charge in [-0.2, -0.15) is 4.31 Å². The van der Waals surface area contributed by atoms with E-state index in [1.54, 1.807) is 28.2 Å². The summed E-state index contributed by atoms with van der Waals surface area (Å²) in [6, 6.07) is 7.32. The fourth-order valence-corrected chi connectivity index (χ4v) is 6.17. The summed E-state index contributed by atoms with van der Waals surface area (Å²) in [5.74, 6) is 2.18. The molecule has 2 aliphatic heterocycles. The molecule has 9 heteroatoms. The monoisotopic (exact) mass is 484 g/mol. The molecule has 6 nitrogen and oxygen atoms in total. The fraction of sp³-hybridized carbons (Fsp3) is 0.421. The first-order chi connectivity index (χ1) is 13.5. The van der Waals surface area contributed by atoms with Gasteiger partial charge in [0.05, 0.1) is 5.03 Å². The summed E-state index contributed by atoms with van der Waals surface area (Å²) >= 11 is 5.12. The van der Waals surface area contributed by atoms with Gasteiger partial charge >= 0.3 is 0 Å². The van der Waals surface area contributed by atoms with Crippen LogP contribution < -0.4 is 9.47 Å². The smallest absolute Gasteiger partial charge is 0.244 e. The summed E-state index contributed by atoms with van der Waals surface area (Å²) in [4.78, 5) is 4.62. The van der Waals surface area contributed by atoms with Crippen LogP contribution in [0.4, 0.5) is 0 Å². The van der Waals surface area contributed by atoms with Gasteiger partial charge in [-0.1, -0.05) is 22.4 Å². The highest BCUT2D eigenvalue weighted by Gasteiger charge is 2.26. The van der Waals surface area contributed by atoms with Crippen LogP contribution in [0.5, 0.6) is 11.5 Å². The number of fused-ring (bicyclic) bond motifs is 1. The van der Waals surface area contributed by atoms with Gasteiger partial charge in [0.1, 0.15) is 18.1 Å². The first kappa shape index (κ1) is 20.0. The first-order valence-corrected chi connectivity index (χ1v) is 12.4. The normalized spacial score (nSPS) is 17.5. The fourth-order valence-electron chi connectivity index (χ4n) is 3.23. The van der Waals surface area contributed by atoms with Crippen LogP contribution in [-0.2, 0) is 15.8 Å². The number of hydrogen-bond donors (Lipinski definition) is 0.